The molecule has 0 heterocycles. The Morgan fingerprint density at radius 2 is 2.00 bits per heavy atom. The molecule has 0 aliphatic rings. The van der Waals surface area contributed by atoms with E-state index in [9.17, 15) is 8.42 Å². The van der Waals surface area contributed by atoms with Crippen molar-refractivity contribution in [2.45, 2.75) is 11.3 Å². The van der Waals surface area contributed by atoms with Crippen molar-refractivity contribution in [2.24, 2.45) is 0 Å². The Bertz CT molecular complexity index is 422. The van der Waals surface area contributed by atoms with Crippen molar-refractivity contribution in [1.82, 2.24) is 4.72 Å². The topological polar surface area (TPSA) is 46.2 Å². The summed E-state index contributed by atoms with van der Waals surface area (Å²) in [6.45, 7) is 0.354. The zero-order valence-electron chi connectivity index (χ0n) is 7.91. The summed E-state index contributed by atoms with van der Waals surface area (Å²) in [5.41, 5.74) is 0. The molecule has 0 unspecified atom stereocenters. The summed E-state index contributed by atoms with van der Waals surface area (Å²) in [7, 11) is -3.42. The lowest BCUT2D eigenvalue weighted by atomic mass is 10.4. The lowest BCUT2D eigenvalue weighted by molar-refractivity contribution is 0.580. The predicted molar refractivity (Wildman–Crippen MR) is 64.7 cm³/mol. The fraction of sp³-hybridized carbons (Fsp3) is 0.333. The average Bonchev–Trinajstić information content (AvgIpc) is 2.18. The zero-order valence-corrected chi connectivity index (χ0v) is 11.1. The summed E-state index contributed by atoms with van der Waals surface area (Å²) in [6.07, 6.45) is 0.616. The number of alkyl halides is 1. The van der Waals surface area contributed by atoms with E-state index in [1.165, 1.54) is 0 Å². The second kappa shape index (κ2) is 5.84. The fourth-order valence-corrected chi connectivity index (χ4v) is 3.22. The Hall–Kier alpha value is -0.100. The van der Waals surface area contributed by atoms with Gasteiger partial charge in [-0.1, -0.05) is 12.1 Å². The van der Waals surface area contributed by atoms with Crippen molar-refractivity contribution < 1.29 is 8.42 Å². The van der Waals surface area contributed by atoms with Crippen LogP contribution in [0.3, 0.4) is 0 Å². The highest BCUT2D eigenvalue weighted by Gasteiger charge is 2.15. The van der Waals surface area contributed by atoms with Gasteiger partial charge in [-0.15, -0.1) is 11.6 Å². The van der Waals surface area contributed by atoms with Crippen LogP contribution in [0.5, 0.6) is 0 Å². The van der Waals surface area contributed by atoms with Gasteiger partial charge in [-0.3, -0.25) is 0 Å². The lowest BCUT2D eigenvalue weighted by Gasteiger charge is -2.07. The fourth-order valence-electron chi connectivity index (χ4n) is 1.01. The Morgan fingerprint density at radius 1 is 1.33 bits per heavy atom. The minimum absolute atomic E-state index is 0.250. The van der Waals surface area contributed by atoms with Crippen molar-refractivity contribution in [3.63, 3.8) is 0 Å². The van der Waals surface area contributed by atoms with Gasteiger partial charge in [-0.05, 0) is 34.5 Å². The van der Waals surface area contributed by atoms with Crippen LogP contribution in [0.4, 0.5) is 0 Å². The molecule has 0 fully saturated rings. The highest BCUT2D eigenvalue weighted by atomic mass is 79.9. The maximum Gasteiger partial charge on any atom is 0.241 e. The number of halogens is 2. The Balaban J connectivity index is 2.83. The first-order valence-electron chi connectivity index (χ1n) is 4.38. The molecule has 0 bridgehead atoms. The van der Waals surface area contributed by atoms with E-state index in [2.05, 4.69) is 20.7 Å². The third-order valence-electron chi connectivity index (χ3n) is 1.73. The zero-order chi connectivity index (χ0) is 11.3. The second-order valence-corrected chi connectivity index (χ2v) is 5.84. The molecule has 1 aromatic carbocycles. The first-order chi connectivity index (χ1) is 7.08. The van der Waals surface area contributed by atoms with E-state index in [1.807, 2.05) is 0 Å². The van der Waals surface area contributed by atoms with Crippen LogP contribution in [0.2, 0.25) is 0 Å². The summed E-state index contributed by atoms with van der Waals surface area (Å²) in [5.74, 6) is 0.443. The highest BCUT2D eigenvalue weighted by molar-refractivity contribution is 9.10. The third-order valence-corrected chi connectivity index (χ3v) is 4.47. The first-order valence-corrected chi connectivity index (χ1v) is 7.19. The number of sulfonamides is 1. The van der Waals surface area contributed by atoms with Crippen LogP contribution in [0, 0.1) is 0 Å². The molecule has 0 aliphatic heterocycles. The maximum atomic E-state index is 11.7. The number of hydrogen-bond donors (Lipinski definition) is 1. The summed E-state index contributed by atoms with van der Waals surface area (Å²) in [6, 6.07) is 6.69. The molecule has 0 aromatic heterocycles. The van der Waals surface area contributed by atoms with Crippen LogP contribution in [-0.2, 0) is 10.0 Å². The molecule has 0 amide bonds. The molecule has 3 nitrogen and oxygen atoms in total. The molecule has 15 heavy (non-hydrogen) atoms. The summed E-state index contributed by atoms with van der Waals surface area (Å²) >= 11 is 8.66. The molecule has 6 heteroatoms. The van der Waals surface area contributed by atoms with E-state index in [4.69, 9.17) is 11.6 Å². The van der Waals surface area contributed by atoms with E-state index in [0.29, 0.717) is 23.3 Å². The molecule has 1 rings (SSSR count). The van der Waals surface area contributed by atoms with Crippen molar-refractivity contribution in [1.29, 1.82) is 0 Å². The minimum Gasteiger partial charge on any atom is -0.211 e. The molecular formula is C9H11BrClNO2S. The van der Waals surface area contributed by atoms with Crippen LogP contribution < -0.4 is 4.72 Å². The van der Waals surface area contributed by atoms with Gasteiger partial charge in [0.2, 0.25) is 10.0 Å². The molecule has 84 valence electrons. The van der Waals surface area contributed by atoms with Crippen LogP contribution in [-0.4, -0.2) is 20.8 Å². The van der Waals surface area contributed by atoms with E-state index >= 15 is 0 Å². The third kappa shape index (κ3) is 3.75. The number of rotatable bonds is 5. The minimum atomic E-state index is -3.42. The quantitative estimate of drug-likeness (QED) is 0.670. The van der Waals surface area contributed by atoms with Gasteiger partial charge in [0, 0.05) is 16.9 Å². The highest BCUT2D eigenvalue weighted by Crippen LogP contribution is 2.20. The number of nitrogens with one attached hydrogen (secondary N) is 1. The number of hydrogen-bond acceptors (Lipinski definition) is 2. The average molecular weight is 313 g/mol. The Morgan fingerprint density at radius 3 is 2.60 bits per heavy atom. The standard InChI is InChI=1S/C9H11BrClNO2S/c10-8-4-1-2-5-9(8)15(13,14)12-7-3-6-11/h1-2,4-5,12H,3,6-7H2. The van der Waals surface area contributed by atoms with Crippen LogP contribution in [0.25, 0.3) is 0 Å². The van der Waals surface area contributed by atoms with Gasteiger partial charge in [0.05, 0.1) is 4.90 Å². The SMILES string of the molecule is O=S(=O)(NCCCCl)c1ccccc1Br. The molecular weight excluding hydrogens is 302 g/mol. The van der Waals surface area contributed by atoms with E-state index < -0.39 is 10.0 Å². The monoisotopic (exact) mass is 311 g/mol. The molecule has 1 aromatic rings. The van der Waals surface area contributed by atoms with Crippen LogP contribution in [0.15, 0.2) is 33.6 Å². The van der Waals surface area contributed by atoms with Gasteiger partial charge in [-0.25, -0.2) is 13.1 Å². The molecule has 1 N–H and O–H groups in total. The van der Waals surface area contributed by atoms with Gasteiger partial charge >= 0.3 is 0 Å². The van der Waals surface area contributed by atoms with Crippen molar-refractivity contribution >= 4 is 37.6 Å². The molecule has 0 spiro atoms. The molecule has 0 aliphatic carbocycles. The molecule has 0 atom stereocenters. The Labute approximate surface area is 103 Å². The maximum absolute atomic E-state index is 11.7. The van der Waals surface area contributed by atoms with Crippen molar-refractivity contribution in [3.8, 4) is 0 Å². The Kier molecular flexibility index (Phi) is 5.05. The lowest BCUT2D eigenvalue weighted by Crippen LogP contribution is -2.25. The summed E-state index contributed by atoms with van der Waals surface area (Å²) in [4.78, 5) is 0.250. The summed E-state index contributed by atoms with van der Waals surface area (Å²) in [5, 5.41) is 0. The van der Waals surface area contributed by atoms with Gasteiger partial charge in [0.15, 0.2) is 0 Å². The molecule has 0 saturated heterocycles. The van der Waals surface area contributed by atoms with E-state index in [1.54, 1.807) is 24.3 Å². The first kappa shape index (κ1) is 13.0. The normalized spacial score (nSPS) is 11.6. The van der Waals surface area contributed by atoms with Crippen LogP contribution in [0.1, 0.15) is 6.42 Å². The van der Waals surface area contributed by atoms with E-state index in [0.717, 1.165) is 0 Å². The molecule has 0 saturated carbocycles. The van der Waals surface area contributed by atoms with Gasteiger partial charge < -0.3 is 0 Å². The number of benzene rings is 1. The van der Waals surface area contributed by atoms with Gasteiger partial charge in [0.25, 0.3) is 0 Å². The van der Waals surface area contributed by atoms with Gasteiger partial charge in [-0.2, -0.15) is 0 Å². The van der Waals surface area contributed by atoms with Crippen molar-refractivity contribution in [3.05, 3.63) is 28.7 Å². The largest absolute Gasteiger partial charge is 0.241 e. The van der Waals surface area contributed by atoms with E-state index in [-0.39, 0.29) is 4.90 Å². The smallest absolute Gasteiger partial charge is 0.211 e. The van der Waals surface area contributed by atoms with Crippen molar-refractivity contribution in [2.75, 3.05) is 12.4 Å². The predicted octanol–water partition coefficient (Wildman–Crippen LogP) is 2.36. The van der Waals surface area contributed by atoms with Crippen LogP contribution >= 0.6 is 27.5 Å². The second-order valence-electron chi connectivity index (χ2n) is 2.87. The molecule has 0 radical (unpaired) electrons. The van der Waals surface area contributed by atoms with Gasteiger partial charge in [0.1, 0.15) is 0 Å². The summed E-state index contributed by atoms with van der Waals surface area (Å²) < 4.78 is 26.5.